The highest BCUT2D eigenvalue weighted by atomic mass is 16.1. The van der Waals surface area contributed by atoms with E-state index >= 15 is 0 Å². The zero-order valence-electron chi connectivity index (χ0n) is 9.88. The lowest BCUT2D eigenvalue weighted by atomic mass is 9.75. The highest BCUT2D eigenvalue weighted by Crippen LogP contribution is 2.34. The minimum Gasteiger partial charge on any atom is -0.300 e. The Morgan fingerprint density at radius 3 is 2.21 bits per heavy atom. The Morgan fingerprint density at radius 1 is 1.14 bits per heavy atom. The molecule has 0 aromatic heterocycles. The predicted molar refractivity (Wildman–Crippen MR) is 60.2 cm³/mol. The van der Waals surface area contributed by atoms with E-state index in [9.17, 15) is 4.79 Å². The number of Topliss-reactive ketones (excluding diaryl/α,β-unsaturated/α-hetero) is 1. The summed E-state index contributed by atoms with van der Waals surface area (Å²) in [6.45, 7) is 6.74. The number of ketones is 1. The molecule has 1 fully saturated rings. The molecule has 0 radical (unpaired) electrons. The molecule has 0 saturated heterocycles. The Balaban J connectivity index is 2.33. The van der Waals surface area contributed by atoms with Crippen LogP contribution in [0.25, 0.3) is 0 Å². The first-order valence-electron chi connectivity index (χ1n) is 6.13. The Morgan fingerprint density at radius 2 is 1.71 bits per heavy atom. The minimum absolute atomic E-state index is 0.485. The van der Waals surface area contributed by atoms with Gasteiger partial charge < -0.3 is 0 Å². The van der Waals surface area contributed by atoms with Crippen molar-refractivity contribution >= 4 is 5.78 Å². The number of hydrogen-bond donors (Lipinski definition) is 0. The van der Waals surface area contributed by atoms with E-state index in [4.69, 9.17) is 0 Å². The third kappa shape index (κ3) is 3.81. The molecule has 0 N–H and O–H groups in total. The molecule has 0 amide bonds. The van der Waals surface area contributed by atoms with Crippen LogP contribution in [0.4, 0.5) is 0 Å². The van der Waals surface area contributed by atoms with E-state index in [2.05, 4.69) is 20.8 Å². The first-order chi connectivity index (χ1) is 6.61. The predicted octanol–water partition coefficient (Wildman–Crippen LogP) is 3.82. The molecule has 2 unspecified atom stereocenters. The van der Waals surface area contributed by atoms with E-state index in [1.54, 1.807) is 0 Å². The third-order valence-electron chi connectivity index (χ3n) is 3.32. The van der Waals surface area contributed by atoms with Crippen LogP contribution in [0.2, 0.25) is 0 Å². The van der Waals surface area contributed by atoms with Gasteiger partial charge in [0.15, 0.2) is 0 Å². The second-order valence-electron chi connectivity index (χ2n) is 5.28. The van der Waals surface area contributed by atoms with Crippen molar-refractivity contribution in [2.75, 3.05) is 0 Å². The maximum atomic E-state index is 11.5. The second-order valence-corrected chi connectivity index (χ2v) is 5.28. The first kappa shape index (κ1) is 11.7. The van der Waals surface area contributed by atoms with Crippen molar-refractivity contribution < 1.29 is 4.79 Å². The van der Waals surface area contributed by atoms with E-state index in [1.165, 1.54) is 19.3 Å². The van der Waals surface area contributed by atoms with E-state index in [0.29, 0.717) is 11.7 Å². The van der Waals surface area contributed by atoms with Crippen molar-refractivity contribution in [2.24, 2.45) is 17.8 Å². The van der Waals surface area contributed by atoms with Crippen molar-refractivity contribution in [2.45, 2.75) is 59.3 Å². The van der Waals surface area contributed by atoms with Gasteiger partial charge in [0.2, 0.25) is 0 Å². The van der Waals surface area contributed by atoms with Gasteiger partial charge in [0, 0.05) is 12.8 Å². The van der Waals surface area contributed by atoms with Crippen LogP contribution in [0.1, 0.15) is 59.3 Å². The fourth-order valence-corrected chi connectivity index (χ4v) is 2.98. The molecule has 82 valence electrons. The van der Waals surface area contributed by atoms with Gasteiger partial charge in [-0.15, -0.1) is 0 Å². The van der Waals surface area contributed by atoms with Gasteiger partial charge in [-0.1, -0.05) is 20.8 Å². The van der Waals surface area contributed by atoms with Gasteiger partial charge in [0.05, 0.1) is 0 Å². The van der Waals surface area contributed by atoms with Crippen LogP contribution < -0.4 is 0 Å². The molecule has 14 heavy (non-hydrogen) atoms. The maximum absolute atomic E-state index is 11.5. The SMILES string of the molecule is CCCC(=O)CC1CC(C)CC(C)C1. The average Bonchev–Trinajstić information content (AvgIpc) is 2.01. The summed E-state index contributed by atoms with van der Waals surface area (Å²) in [5.41, 5.74) is 0. The molecular weight excluding hydrogens is 172 g/mol. The van der Waals surface area contributed by atoms with Gasteiger partial charge in [0.25, 0.3) is 0 Å². The summed E-state index contributed by atoms with van der Waals surface area (Å²) in [6.07, 6.45) is 6.57. The molecule has 1 aliphatic rings. The molecule has 1 nitrogen and oxygen atoms in total. The highest BCUT2D eigenvalue weighted by molar-refractivity contribution is 5.78. The maximum Gasteiger partial charge on any atom is 0.133 e. The second kappa shape index (κ2) is 5.53. The van der Waals surface area contributed by atoms with Gasteiger partial charge in [-0.2, -0.15) is 0 Å². The van der Waals surface area contributed by atoms with Crippen molar-refractivity contribution in [1.29, 1.82) is 0 Å². The zero-order chi connectivity index (χ0) is 10.6. The van der Waals surface area contributed by atoms with E-state index < -0.39 is 0 Å². The van der Waals surface area contributed by atoms with Gasteiger partial charge >= 0.3 is 0 Å². The average molecular weight is 196 g/mol. The zero-order valence-corrected chi connectivity index (χ0v) is 9.88. The molecule has 2 atom stereocenters. The summed E-state index contributed by atoms with van der Waals surface area (Å²) >= 11 is 0. The lowest BCUT2D eigenvalue weighted by Gasteiger charge is -2.31. The molecule has 0 spiro atoms. The lowest BCUT2D eigenvalue weighted by Crippen LogP contribution is -2.21. The van der Waals surface area contributed by atoms with Gasteiger partial charge in [0.1, 0.15) is 5.78 Å². The van der Waals surface area contributed by atoms with Crippen LogP contribution in [0.15, 0.2) is 0 Å². The Hall–Kier alpha value is -0.330. The summed E-state index contributed by atoms with van der Waals surface area (Å²) in [5, 5.41) is 0. The Bertz CT molecular complexity index is 176. The normalized spacial score (nSPS) is 32.9. The molecule has 0 heterocycles. The molecular formula is C13H24O. The topological polar surface area (TPSA) is 17.1 Å². The number of hydrogen-bond acceptors (Lipinski definition) is 1. The van der Waals surface area contributed by atoms with Crippen molar-refractivity contribution in [3.05, 3.63) is 0 Å². The smallest absolute Gasteiger partial charge is 0.133 e. The van der Waals surface area contributed by atoms with Crippen LogP contribution in [0, 0.1) is 17.8 Å². The standard InChI is InChI=1S/C13H24O/c1-4-5-13(14)9-12-7-10(2)6-11(3)8-12/h10-12H,4-9H2,1-3H3. The van der Waals surface area contributed by atoms with Crippen LogP contribution in [-0.4, -0.2) is 5.78 Å². The summed E-state index contributed by atoms with van der Waals surface area (Å²) < 4.78 is 0. The molecule has 1 aliphatic carbocycles. The van der Waals surface area contributed by atoms with Gasteiger partial charge in [-0.3, -0.25) is 4.79 Å². The van der Waals surface area contributed by atoms with Crippen LogP contribution in [0.3, 0.4) is 0 Å². The fraction of sp³-hybridized carbons (Fsp3) is 0.923. The highest BCUT2D eigenvalue weighted by Gasteiger charge is 2.25. The van der Waals surface area contributed by atoms with E-state index in [0.717, 1.165) is 31.1 Å². The largest absolute Gasteiger partial charge is 0.300 e. The quantitative estimate of drug-likeness (QED) is 0.668. The first-order valence-corrected chi connectivity index (χ1v) is 6.13. The van der Waals surface area contributed by atoms with Crippen molar-refractivity contribution in [1.82, 2.24) is 0 Å². The minimum atomic E-state index is 0.485. The monoisotopic (exact) mass is 196 g/mol. The van der Waals surface area contributed by atoms with Crippen molar-refractivity contribution in [3.8, 4) is 0 Å². The Labute approximate surface area is 88.3 Å². The van der Waals surface area contributed by atoms with E-state index in [-0.39, 0.29) is 0 Å². The fourth-order valence-electron chi connectivity index (χ4n) is 2.98. The van der Waals surface area contributed by atoms with E-state index in [1.807, 2.05) is 0 Å². The molecule has 0 aliphatic heterocycles. The summed E-state index contributed by atoms with van der Waals surface area (Å²) in [6, 6.07) is 0. The summed E-state index contributed by atoms with van der Waals surface area (Å²) in [4.78, 5) is 11.5. The molecule has 0 bridgehead atoms. The summed E-state index contributed by atoms with van der Waals surface area (Å²) in [7, 11) is 0. The van der Waals surface area contributed by atoms with Crippen LogP contribution in [-0.2, 0) is 4.79 Å². The molecule has 1 rings (SSSR count). The van der Waals surface area contributed by atoms with Gasteiger partial charge in [-0.25, -0.2) is 0 Å². The molecule has 0 aromatic rings. The summed E-state index contributed by atoms with van der Waals surface area (Å²) in [5.74, 6) is 2.84. The number of rotatable bonds is 4. The number of carbonyl (C=O) groups is 1. The Kier molecular flexibility index (Phi) is 4.64. The molecule has 1 saturated carbocycles. The van der Waals surface area contributed by atoms with Crippen LogP contribution >= 0.6 is 0 Å². The lowest BCUT2D eigenvalue weighted by molar-refractivity contribution is -0.120. The molecule has 0 aromatic carbocycles. The van der Waals surface area contributed by atoms with Crippen LogP contribution in [0.5, 0.6) is 0 Å². The third-order valence-corrected chi connectivity index (χ3v) is 3.32. The number of carbonyl (C=O) groups excluding carboxylic acids is 1. The molecule has 1 heteroatoms. The van der Waals surface area contributed by atoms with Gasteiger partial charge in [-0.05, 0) is 43.4 Å². The van der Waals surface area contributed by atoms with Crippen molar-refractivity contribution in [3.63, 3.8) is 0 Å².